The fourth-order valence-corrected chi connectivity index (χ4v) is 4.34. The molecule has 2 amide bonds. The van der Waals surface area contributed by atoms with E-state index < -0.39 is 0 Å². The molecule has 0 spiro atoms. The van der Waals surface area contributed by atoms with Gasteiger partial charge >= 0.3 is 0 Å². The Balaban J connectivity index is 1.54. The molecule has 1 aromatic heterocycles. The lowest BCUT2D eigenvalue weighted by atomic mass is 10.0. The van der Waals surface area contributed by atoms with Gasteiger partial charge in [-0.05, 0) is 24.1 Å². The van der Waals surface area contributed by atoms with E-state index in [1.165, 1.54) is 11.9 Å². The number of amides is 2. The first-order valence-electron chi connectivity index (χ1n) is 10.3. The van der Waals surface area contributed by atoms with Crippen LogP contribution in [0.2, 0.25) is 0 Å². The Morgan fingerprint density at radius 2 is 1.90 bits per heavy atom. The number of rotatable bonds is 8. The van der Waals surface area contributed by atoms with Crippen LogP contribution in [0.25, 0.3) is 0 Å². The standard InChI is InChI=1S/C22H30N4O3S/c1-4-21-24-18(15-30-21)14-25-9-11-26(12-10-25)22(28)13-20(23-16(2)27)17-5-7-19(29-3)8-6-17/h5-8,15,20H,4,9-14H2,1-3H3,(H,23,27). The van der Waals surface area contributed by atoms with Gasteiger partial charge in [-0.2, -0.15) is 0 Å². The molecule has 0 saturated carbocycles. The van der Waals surface area contributed by atoms with Crippen molar-refractivity contribution >= 4 is 23.2 Å². The molecule has 7 nitrogen and oxygen atoms in total. The second-order valence-corrected chi connectivity index (χ2v) is 8.42. The highest BCUT2D eigenvalue weighted by Crippen LogP contribution is 2.22. The molecular weight excluding hydrogens is 400 g/mol. The van der Waals surface area contributed by atoms with Crippen LogP contribution >= 0.6 is 11.3 Å². The number of carbonyl (C=O) groups excluding carboxylic acids is 2. The largest absolute Gasteiger partial charge is 0.497 e. The van der Waals surface area contributed by atoms with Crippen molar-refractivity contribution in [2.45, 2.75) is 39.3 Å². The summed E-state index contributed by atoms with van der Waals surface area (Å²) < 4.78 is 5.20. The number of thiazole rings is 1. The van der Waals surface area contributed by atoms with Crippen LogP contribution in [0.4, 0.5) is 0 Å². The normalized spacial score (nSPS) is 15.6. The summed E-state index contributed by atoms with van der Waals surface area (Å²) in [5.74, 6) is 0.656. The Labute approximate surface area is 182 Å². The lowest BCUT2D eigenvalue weighted by Gasteiger charge is -2.35. The number of hydrogen-bond acceptors (Lipinski definition) is 6. The van der Waals surface area contributed by atoms with Crippen LogP contribution in [0.15, 0.2) is 29.6 Å². The maximum atomic E-state index is 12.9. The molecule has 0 bridgehead atoms. The first kappa shape index (κ1) is 22.2. The van der Waals surface area contributed by atoms with E-state index in [4.69, 9.17) is 4.74 Å². The van der Waals surface area contributed by atoms with E-state index >= 15 is 0 Å². The van der Waals surface area contributed by atoms with Gasteiger partial charge in [-0.1, -0.05) is 19.1 Å². The van der Waals surface area contributed by atoms with Gasteiger partial charge in [0.25, 0.3) is 0 Å². The van der Waals surface area contributed by atoms with E-state index in [9.17, 15) is 9.59 Å². The monoisotopic (exact) mass is 430 g/mol. The van der Waals surface area contributed by atoms with Crippen LogP contribution in [0.1, 0.15) is 42.6 Å². The molecule has 30 heavy (non-hydrogen) atoms. The average molecular weight is 431 g/mol. The third-order valence-electron chi connectivity index (χ3n) is 5.29. The van der Waals surface area contributed by atoms with E-state index in [-0.39, 0.29) is 24.3 Å². The van der Waals surface area contributed by atoms with Gasteiger partial charge in [-0.15, -0.1) is 11.3 Å². The fraction of sp³-hybridized carbons (Fsp3) is 0.500. The number of piperazine rings is 1. The van der Waals surface area contributed by atoms with E-state index in [1.54, 1.807) is 18.4 Å². The van der Waals surface area contributed by atoms with Gasteiger partial charge in [0.2, 0.25) is 11.8 Å². The van der Waals surface area contributed by atoms with Crippen molar-refractivity contribution in [2.75, 3.05) is 33.3 Å². The predicted molar refractivity (Wildman–Crippen MR) is 118 cm³/mol. The number of methoxy groups -OCH3 is 1. The Bertz CT molecular complexity index is 844. The molecule has 1 N–H and O–H groups in total. The number of nitrogens with one attached hydrogen (secondary N) is 1. The molecule has 162 valence electrons. The third-order valence-corrected chi connectivity index (χ3v) is 6.33. The molecule has 8 heteroatoms. The van der Waals surface area contributed by atoms with Crippen LogP contribution in [-0.4, -0.2) is 59.9 Å². The highest BCUT2D eigenvalue weighted by molar-refractivity contribution is 7.09. The van der Waals surface area contributed by atoms with Gasteiger partial charge < -0.3 is 15.0 Å². The molecule has 2 heterocycles. The number of nitrogens with zero attached hydrogens (tertiary/aromatic N) is 3. The molecule has 1 aliphatic rings. The maximum Gasteiger partial charge on any atom is 0.225 e. The number of ether oxygens (including phenoxy) is 1. The number of carbonyl (C=O) groups is 2. The summed E-state index contributed by atoms with van der Waals surface area (Å²) in [6.45, 7) is 7.47. The zero-order chi connectivity index (χ0) is 21.5. The van der Waals surface area contributed by atoms with E-state index in [0.29, 0.717) is 13.1 Å². The summed E-state index contributed by atoms with van der Waals surface area (Å²) in [4.78, 5) is 33.5. The van der Waals surface area contributed by atoms with Gasteiger partial charge in [-0.3, -0.25) is 14.5 Å². The van der Waals surface area contributed by atoms with Crippen LogP contribution in [-0.2, 0) is 22.6 Å². The Kier molecular flexibility index (Phi) is 7.81. The Hall–Kier alpha value is -2.45. The minimum absolute atomic E-state index is 0.0612. The van der Waals surface area contributed by atoms with E-state index in [2.05, 4.69) is 27.5 Å². The minimum atomic E-state index is -0.346. The topological polar surface area (TPSA) is 74.8 Å². The molecule has 0 radical (unpaired) electrons. The molecule has 0 aliphatic carbocycles. The van der Waals surface area contributed by atoms with Crippen molar-refractivity contribution < 1.29 is 14.3 Å². The van der Waals surface area contributed by atoms with Crippen molar-refractivity contribution in [1.29, 1.82) is 0 Å². The number of benzene rings is 1. The molecule has 3 rings (SSSR count). The quantitative estimate of drug-likeness (QED) is 0.697. The first-order valence-corrected chi connectivity index (χ1v) is 11.2. The van der Waals surface area contributed by atoms with Crippen molar-refractivity contribution in [1.82, 2.24) is 20.1 Å². The van der Waals surface area contributed by atoms with Crippen molar-refractivity contribution in [3.8, 4) is 5.75 Å². The van der Waals surface area contributed by atoms with E-state index in [0.717, 1.165) is 43.1 Å². The Morgan fingerprint density at radius 3 is 2.47 bits per heavy atom. The van der Waals surface area contributed by atoms with Gasteiger partial charge in [0.05, 0.1) is 30.3 Å². The first-order chi connectivity index (χ1) is 14.5. The van der Waals surface area contributed by atoms with Gasteiger partial charge in [0.15, 0.2) is 0 Å². The third kappa shape index (κ3) is 6.03. The summed E-state index contributed by atoms with van der Waals surface area (Å²) in [6, 6.07) is 7.12. The summed E-state index contributed by atoms with van der Waals surface area (Å²) >= 11 is 1.71. The number of aromatic nitrogens is 1. The lowest BCUT2D eigenvalue weighted by molar-refractivity contribution is -0.133. The SMILES string of the molecule is CCc1nc(CN2CCN(C(=O)CC(NC(C)=O)c3ccc(OC)cc3)CC2)cs1. The van der Waals surface area contributed by atoms with Crippen LogP contribution < -0.4 is 10.1 Å². The van der Waals surface area contributed by atoms with Gasteiger partial charge in [0.1, 0.15) is 5.75 Å². The van der Waals surface area contributed by atoms with Crippen molar-refractivity contribution in [2.24, 2.45) is 0 Å². The molecule has 1 aliphatic heterocycles. The second kappa shape index (κ2) is 10.5. The van der Waals surface area contributed by atoms with Crippen molar-refractivity contribution in [3.05, 3.63) is 45.9 Å². The summed E-state index contributed by atoms with van der Waals surface area (Å²) in [6.07, 6.45) is 1.22. The summed E-state index contributed by atoms with van der Waals surface area (Å²) in [7, 11) is 1.61. The molecule has 1 unspecified atom stereocenters. The minimum Gasteiger partial charge on any atom is -0.497 e. The molecule has 1 fully saturated rings. The summed E-state index contributed by atoms with van der Waals surface area (Å²) in [5.41, 5.74) is 2.01. The smallest absolute Gasteiger partial charge is 0.225 e. The van der Waals surface area contributed by atoms with Crippen molar-refractivity contribution in [3.63, 3.8) is 0 Å². The second-order valence-electron chi connectivity index (χ2n) is 7.47. The zero-order valence-electron chi connectivity index (χ0n) is 17.9. The average Bonchev–Trinajstić information content (AvgIpc) is 3.21. The van der Waals surface area contributed by atoms with Crippen LogP contribution in [0, 0.1) is 0 Å². The predicted octanol–water partition coefficient (Wildman–Crippen LogP) is 2.63. The Morgan fingerprint density at radius 1 is 1.20 bits per heavy atom. The number of aryl methyl sites for hydroxylation is 1. The maximum absolute atomic E-state index is 12.9. The number of hydrogen-bond donors (Lipinski definition) is 1. The van der Waals surface area contributed by atoms with Gasteiger partial charge in [0, 0.05) is 45.0 Å². The highest BCUT2D eigenvalue weighted by atomic mass is 32.1. The molecule has 1 aromatic carbocycles. The molecule has 1 saturated heterocycles. The zero-order valence-corrected chi connectivity index (χ0v) is 18.7. The molecular formula is C22H30N4O3S. The highest BCUT2D eigenvalue weighted by Gasteiger charge is 2.25. The fourth-order valence-electron chi connectivity index (χ4n) is 3.61. The van der Waals surface area contributed by atoms with Crippen LogP contribution in [0.3, 0.4) is 0 Å². The van der Waals surface area contributed by atoms with Crippen LogP contribution in [0.5, 0.6) is 5.75 Å². The van der Waals surface area contributed by atoms with Gasteiger partial charge in [-0.25, -0.2) is 4.98 Å². The lowest BCUT2D eigenvalue weighted by Crippen LogP contribution is -2.49. The van der Waals surface area contributed by atoms with E-state index in [1.807, 2.05) is 29.2 Å². The molecule has 2 aromatic rings. The summed E-state index contributed by atoms with van der Waals surface area (Å²) in [5, 5.41) is 6.20. The molecule has 1 atom stereocenters.